The molecule has 26 heavy (non-hydrogen) atoms. The number of esters is 1. The number of nitrogens with one attached hydrogen (secondary N) is 2. The van der Waals surface area contributed by atoms with Gasteiger partial charge in [0.05, 0.1) is 18.2 Å². The van der Waals surface area contributed by atoms with Gasteiger partial charge in [0.15, 0.2) is 0 Å². The fraction of sp³-hybridized carbons (Fsp3) is 0.300. The van der Waals surface area contributed by atoms with Crippen LogP contribution in [-0.4, -0.2) is 24.5 Å². The van der Waals surface area contributed by atoms with Gasteiger partial charge in [-0.2, -0.15) is 0 Å². The van der Waals surface area contributed by atoms with Crippen LogP contribution in [0.25, 0.3) is 0 Å². The molecule has 2 N–H and O–H groups in total. The molecule has 2 aromatic rings. The Labute approximate surface area is 158 Å². The molecule has 0 bridgehead atoms. The number of hydrogen-bond acceptors (Lipinski definition) is 4. The van der Waals surface area contributed by atoms with Gasteiger partial charge in [-0.15, -0.1) is 0 Å². The number of halogens is 1. The molecule has 0 fully saturated rings. The number of anilines is 1. The molecule has 0 unspecified atom stereocenters. The van der Waals surface area contributed by atoms with Crippen LogP contribution in [0.15, 0.2) is 48.5 Å². The van der Waals surface area contributed by atoms with Crippen LogP contribution >= 0.6 is 11.6 Å². The molecule has 0 heterocycles. The van der Waals surface area contributed by atoms with Crippen LogP contribution in [0, 0.1) is 0 Å². The van der Waals surface area contributed by atoms with Crippen LogP contribution < -0.4 is 10.6 Å². The van der Waals surface area contributed by atoms with Crippen molar-refractivity contribution in [2.45, 2.75) is 32.9 Å². The third-order valence-electron chi connectivity index (χ3n) is 3.69. The molecule has 0 aliphatic rings. The fourth-order valence-corrected chi connectivity index (χ4v) is 2.42. The summed E-state index contributed by atoms with van der Waals surface area (Å²) >= 11 is 5.88. The van der Waals surface area contributed by atoms with Crippen molar-refractivity contribution in [3.05, 3.63) is 64.7 Å². The van der Waals surface area contributed by atoms with Crippen molar-refractivity contribution in [1.29, 1.82) is 0 Å². The van der Waals surface area contributed by atoms with Gasteiger partial charge in [-0.3, -0.25) is 4.79 Å². The van der Waals surface area contributed by atoms with Crippen LogP contribution in [0.4, 0.5) is 5.69 Å². The van der Waals surface area contributed by atoms with Gasteiger partial charge < -0.3 is 15.4 Å². The van der Waals surface area contributed by atoms with Crippen molar-refractivity contribution in [1.82, 2.24) is 5.32 Å². The van der Waals surface area contributed by atoms with Gasteiger partial charge in [-0.1, -0.05) is 23.7 Å². The van der Waals surface area contributed by atoms with E-state index in [1.54, 1.807) is 38.1 Å². The molecule has 2 rings (SSSR count). The number of ether oxygens (including phenoxy) is 1. The standard InChI is InChI=1S/C20H23ClN2O3/c1-13(2)26-20(25)16-6-10-18(11-7-16)23-19(24)12-22-14(3)15-4-8-17(21)9-5-15/h4-11,13-14,22H,12H2,1-3H3,(H,23,24)/t14-/m1/s1. The lowest BCUT2D eigenvalue weighted by atomic mass is 10.1. The summed E-state index contributed by atoms with van der Waals surface area (Å²) < 4.78 is 5.13. The summed E-state index contributed by atoms with van der Waals surface area (Å²) in [5.74, 6) is -0.542. The summed E-state index contributed by atoms with van der Waals surface area (Å²) in [5, 5.41) is 6.63. The van der Waals surface area contributed by atoms with E-state index in [0.29, 0.717) is 16.3 Å². The van der Waals surface area contributed by atoms with Crippen molar-refractivity contribution in [2.75, 3.05) is 11.9 Å². The molecule has 0 aromatic heterocycles. The SMILES string of the molecule is CC(C)OC(=O)c1ccc(NC(=O)CN[C@H](C)c2ccc(Cl)cc2)cc1. The van der Waals surface area contributed by atoms with Crippen molar-refractivity contribution >= 4 is 29.2 Å². The van der Waals surface area contributed by atoms with E-state index in [2.05, 4.69) is 10.6 Å². The van der Waals surface area contributed by atoms with Crippen molar-refractivity contribution < 1.29 is 14.3 Å². The Hall–Kier alpha value is -2.37. The minimum Gasteiger partial charge on any atom is -0.459 e. The lowest BCUT2D eigenvalue weighted by Gasteiger charge is -2.14. The summed E-state index contributed by atoms with van der Waals surface area (Å²) in [6.07, 6.45) is -0.171. The predicted octanol–water partition coefficient (Wildman–Crippen LogP) is 4.19. The van der Waals surface area contributed by atoms with Crippen LogP contribution in [0.2, 0.25) is 5.02 Å². The Bertz CT molecular complexity index is 743. The monoisotopic (exact) mass is 374 g/mol. The second kappa shape index (κ2) is 9.36. The van der Waals surface area contributed by atoms with E-state index in [1.807, 2.05) is 31.2 Å². The molecule has 0 saturated heterocycles. The highest BCUT2D eigenvalue weighted by atomic mass is 35.5. The molecular weight excluding hydrogens is 352 g/mol. The summed E-state index contributed by atoms with van der Waals surface area (Å²) in [6.45, 7) is 5.74. The predicted molar refractivity (Wildman–Crippen MR) is 103 cm³/mol. The second-order valence-corrected chi connectivity index (χ2v) is 6.67. The number of benzene rings is 2. The van der Waals surface area contributed by atoms with Gasteiger partial charge in [0.2, 0.25) is 5.91 Å². The van der Waals surface area contributed by atoms with Gasteiger partial charge in [-0.05, 0) is 62.7 Å². The van der Waals surface area contributed by atoms with Gasteiger partial charge in [-0.25, -0.2) is 4.79 Å². The quantitative estimate of drug-likeness (QED) is 0.713. The normalized spacial score (nSPS) is 11.9. The fourth-order valence-electron chi connectivity index (χ4n) is 2.29. The molecular formula is C20H23ClN2O3. The molecule has 0 aliphatic carbocycles. The Morgan fingerprint density at radius 2 is 1.62 bits per heavy atom. The Balaban J connectivity index is 1.83. The zero-order chi connectivity index (χ0) is 19.1. The third kappa shape index (κ3) is 6.17. The largest absolute Gasteiger partial charge is 0.459 e. The van der Waals surface area contributed by atoms with Crippen molar-refractivity contribution in [2.24, 2.45) is 0 Å². The molecule has 2 aromatic carbocycles. The molecule has 0 radical (unpaired) electrons. The van der Waals surface area contributed by atoms with Crippen LogP contribution in [0.5, 0.6) is 0 Å². The number of rotatable bonds is 7. The van der Waals surface area contributed by atoms with E-state index in [4.69, 9.17) is 16.3 Å². The van der Waals surface area contributed by atoms with Crippen molar-refractivity contribution in [3.63, 3.8) is 0 Å². The van der Waals surface area contributed by atoms with Gasteiger partial charge in [0.1, 0.15) is 0 Å². The minimum atomic E-state index is -0.378. The van der Waals surface area contributed by atoms with E-state index < -0.39 is 0 Å². The highest BCUT2D eigenvalue weighted by Gasteiger charge is 2.10. The third-order valence-corrected chi connectivity index (χ3v) is 3.94. The van der Waals surface area contributed by atoms with Crippen LogP contribution in [0.1, 0.15) is 42.7 Å². The van der Waals surface area contributed by atoms with Crippen LogP contribution in [-0.2, 0) is 9.53 Å². The number of amides is 1. The van der Waals surface area contributed by atoms with Gasteiger partial charge >= 0.3 is 5.97 Å². The zero-order valence-electron chi connectivity index (χ0n) is 15.1. The molecule has 5 nitrogen and oxygen atoms in total. The first-order valence-corrected chi connectivity index (χ1v) is 8.82. The highest BCUT2D eigenvalue weighted by molar-refractivity contribution is 6.30. The van der Waals surface area contributed by atoms with E-state index in [-0.39, 0.29) is 30.6 Å². The molecule has 0 spiro atoms. The van der Waals surface area contributed by atoms with Crippen LogP contribution in [0.3, 0.4) is 0 Å². The van der Waals surface area contributed by atoms with E-state index in [0.717, 1.165) is 5.56 Å². The van der Waals surface area contributed by atoms with E-state index >= 15 is 0 Å². The topological polar surface area (TPSA) is 67.4 Å². The Morgan fingerprint density at radius 3 is 2.19 bits per heavy atom. The lowest BCUT2D eigenvalue weighted by Crippen LogP contribution is -2.30. The minimum absolute atomic E-state index is 0.0196. The summed E-state index contributed by atoms with van der Waals surface area (Å²) in [7, 11) is 0. The number of hydrogen-bond donors (Lipinski definition) is 2. The first-order valence-electron chi connectivity index (χ1n) is 8.45. The summed E-state index contributed by atoms with van der Waals surface area (Å²) in [6, 6.07) is 14.1. The maximum atomic E-state index is 12.1. The van der Waals surface area contributed by atoms with E-state index in [1.165, 1.54) is 0 Å². The average molecular weight is 375 g/mol. The molecule has 138 valence electrons. The Kier molecular flexibility index (Phi) is 7.18. The van der Waals surface area contributed by atoms with Crippen molar-refractivity contribution in [3.8, 4) is 0 Å². The first-order chi connectivity index (χ1) is 12.3. The average Bonchev–Trinajstić information content (AvgIpc) is 2.60. The molecule has 0 aliphatic heterocycles. The smallest absolute Gasteiger partial charge is 0.338 e. The van der Waals surface area contributed by atoms with Gasteiger partial charge in [0.25, 0.3) is 0 Å². The maximum absolute atomic E-state index is 12.1. The Morgan fingerprint density at radius 1 is 1.00 bits per heavy atom. The van der Waals surface area contributed by atoms with Gasteiger partial charge in [0, 0.05) is 16.8 Å². The molecule has 1 amide bonds. The molecule has 1 atom stereocenters. The first kappa shape index (κ1) is 19.9. The highest BCUT2D eigenvalue weighted by Crippen LogP contribution is 2.16. The summed E-state index contributed by atoms with van der Waals surface area (Å²) in [5.41, 5.74) is 2.12. The maximum Gasteiger partial charge on any atom is 0.338 e. The zero-order valence-corrected chi connectivity index (χ0v) is 15.8. The molecule has 0 saturated carbocycles. The number of carbonyl (C=O) groups is 2. The second-order valence-electron chi connectivity index (χ2n) is 6.23. The number of carbonyl (C=O) groups excluding carboxylic acids is 2. The lowest BCUT2D eigenvalue weighted by molar-refractivity contribution is -0.115. The summed E-state index contributed by atoms with van der Waals surface area (Å²) in [4.78, 5) is 23.9. The van der Waals surface area contributed by atoms with E-state index in [9.17, 15) is 9.59 Å². The molecule has 6 heteroatoms.